The molecule has 56 heavy (non-hydrogen) atoms. The Morgan fingerprint density at radius 1 is 0.643 bits per heavy atom. The number of carbonyl (C=O) groups is 2. The molecule has 12 heteroatoms. The number of unbranched alkanes of at least 4 members (excludes halogenated alkanes) is 15. The zero-order chi connectivity index (χ0) is 41.8. The standard InChI is InChI=1S/C44H82NO10P/c1-6-8-10-12-14-15-16-17-18-19-20-21-22-26-31-35-44(49)55-40(39-54-56(50,51)53-37-36-45(3,4)5)38-52-43(48)34-30-27-23-25-29-33-42(47)41(46)32-28-24-13-11-9-7-2/h14-15,17-18,24,28,40-42,46-47H,6-13,16,19-23,25-27,29-39H2,1-5H3/b15-14-,18-17-,28-24-/t40-,41-,42-/m1/s1. The summed E-state index contributed by atoms with van der Waals surface area (Å²) in [6.07, 6.45) is 31.9. The van der Waals surface area contributed by atoms with Crippen molar-refractivity contribution in [3.63, 3.8) is 0 Å². The van der Waals surface area contributed by atoms with Crippen molar-refractivity contribution >= 4 is 19.8 Å². The molecule has 2 N–H and O–H groups in total. The van der Waals surface area contributed by atoms with Crippen LogP contribution in [-0.2, 0) is 32.7 Å². The molecule has 0 aromatic rings. The van der Waals surface area contributed by atoms with E-state index in [0.717, 1.165) is 83.5 Å². The van der Waals surface area contributed by atoms with Crippen LogP contribution in [0.3, 0.4) is 0 Å². The van der Waals surface area contributed by atoms with Crippen molar-refractivity contribution < 1.29 is 52.3 Å². The van der Waals surface area contributed by atoms with Crippen LogP contribution in [0.15, 0.2) is 36.5 Å². The molecule has 4 atom stereocenters. The van der Waals surface area contributed by atoms with Gasteiger partial charge >= 0.3 is 11.9 Å². The van der Waals surface area contributed by atoms with Crippen molar-refractivity contribution in [1.82, 2.24) is 0 Å². The van der Waals surface area contributed by atoms with Crippen LogP contribution >= 0.6 is 7.82 Å². The summed E-state index contributed by atoms with van der Waals surface area (Å²) < 4.78 is 33.8. The van der Waals surface area contributed by atoms with E-state index in [1.54, 1.807) is 0 Å². The van der Waals surface area contributed by atoms with Gasteiger partial charge in [-0.15, -0.1) is 0 Å². The maximum atomic E-state index is 12.7. The SMILES string of the molecule is CCCCC/C=C\C/C=C\CCCCCCCC(=O)O[C@H](COC(=O)CCCCCCC[C@@H](O)[C@H](O)C/C=C\CCCCC)COP(=O)([O-])OCC[N+](C)(C)C. The Hall–Kier alpha value is -1.85. The van der Waals surface area contributed by atoms with Gasteiger partial charge in [0.1, 0.15) is 19.8 Å². The quantitative estimate of drug-likeness (QED) is 0.0202. The molecule has 0 heterocycles. The van der Waals surface area contributed by atoms with Gasteiger partial charge in [0.25, 0.3) is 7.82 Å². The average Bonchev–Trinajstić information content (AvgIpc) is 3.14. The van der Waals surface area contributed by atoms with Gasteiger partial charge in [-0.05, 0) is 70.6 Å². The largest absolute Gasteiger partial charge is 0.756 e. The van der Waals surface area contributed by atoms with E-state index in [2.05, 4.69) is 44.2 Å². The first kappa shape index (κ1) is 54.2. The molecule has 0 aliphatic heterocycles. The lowest BCUT2D eigenvalue weighted by Crippen LogP contribution is -2.37. The van der Waals surface area contributed by atoms with E-state index in [9.17, 15) is 29.3 Å². The maximum Gasteiger partial charge on any atom is 0.306 e. The molecule has 1 unspecified atom stereocenters. The van der Waals surface area contributed by atoms with Crippen LogP contribution in [0.25, 0.3) is 0 Å². The third kappa shape index (κ3) is 37.7. The van der Waals surface area contributed by atoms with Gasteiger partial charge in [-0.25, -0.2) is 0 Å². The molecule has 0 fully saturated rings. The number of quaternary nitrogens is 1. The summed E-state index contributed by atoms with van der Waals surface area (Å²) >= 11 is 0. The molecular weight excluding hydrogens is 733 g/mol. The fraction of sp³-hybridized carbons (Fsp3) is 0.818. The van der Waals surface area contributed by atoms with E-state index in [4.69, 9.17) is 18.5 Å². The zero-order valence-corrected chi connectivity index (χ0v) is 36.9. The molecule has 0 aliphatic rings. The molecule has 0 aliphatic carbocycles. The first-order valence-electron chi connectivity index (χ1n) is 21.9. The Morgan fingerprint density at radius 2 is 1.16 bits per heavy atom. The monoisotopic (exact) mass is 816 g/mol. The van der Waals surface area contributed by atoms with Gasteiger partial charge in [-0.2, -0.15) is 0 Å². The van der Waals surface area contributed by atoms with Gasteiger partial charge in [0, 0.05) is 12.8 Å². The van der Waals surface area contributed by atoms with Gasteiger partial charge in [0.05, 0.1) is 40.0 Å². The predicted octanol–water partition coefficient (Wildman–Crippen LogP) is 9.44. The summed E-state index contributed by atoms with van der Waals surface area (Å²) in [5, 5.41) is 20.4. The van der Waals surface area contributed by atoms with E-state index >= 15 is 0 Å². The fourth-order valence-electron chi connectivity index (χ4n) is 5.71. The number of hydrogen-bond acceptors (Lipinski definition) is 10. The molecule has 0 rings (SSSR count). The number of aliphatic hydroxyl groups excluding tert-OH is 2. The summed E-state index contributed by atoms with van der Waals surface area (Å²) in [7, 11) is 1.07. The second-order valence-electron chi connectivity index (χ2n) is 16.0. The molecule has 0 aromatic heterocycles. The second kappa shape index (κ2) is 36.2. The molecule has 0 aromatic carbocycles. The smallest absolute Gasteiger partial charge is 0.306 e. The lowest BCUT2D eigenvalue weighted by atomic mass is 10.0. The summed E-state index contributed by atoms with van der Waals surface area (Å²) in [6, 6.07) is 0. The van der Waals surface area contributed by atoms with Crippen LogP contribution in [0, 0.1) is 0 Å². The van der Waals surface area contributed by atoms with Crippen molar-refractivity contribution in [2.75, 3.05) is 47.5 Å². The highest BCUT2D eigenvalue weighted by atomic mass is 31.2. The lowest BCUT2D eigenvalue weighted by Gasteiger charge is -2.28. The number of esters is 2. The van der Waals surface area contributed by atoms with Crippen molar-refractivity contribution in [2.45, 2.75) is 186 Å². The predicted molar refractivity (Wildman–Crippen MR) is 225 cm³/mol. The summed E-state index contributed by atoms with van der Waals surface area (Å²) in [5.41, 5.74) is 0. The Labute approximate surface area is 341 Å². The maximum absolute atomic E-state index is 12.7. The van der Waals surface area contributed by atoms with Gasteiger partial charge in [0.15, 0.2) is 6.10 Å². The molecule has 0 saturated carbocycles. The van der Waals surface area contributed by atoms with Gasteiger partial charge < -0.3 is 38.1 Å². The van der Waals surface area contributed by atoms with Crippen LogP contribution in [-0.4, -0.2) is 92.5 Å². The molecule has 0 bridgehead atoms. The van der Waals surface area contributed by atoms with Crippen LogP contribution < -0.4 is 4.89 Å². The van der Waals surface area contributed by atoms with Gasteiger partial charge in [0.2, 0.25) is 0 Å². The van der Waals surface area contributed by atoms with Crippen molar-refractivity contribution in [3.05, 3.63) is 36.5 Å². The number of rotatable bonds is 39. The lowest BCUT2D eigenvalue weighted by molar-refractivity contribution is -0.870. The van der Waals surface area contributed by atoms with E-state index in [1.807, 2.05) is 27.2 Å². The molecule has 0 spiro atoms. The van der Waals surface area contributed by atoms with Crippen molar-refractivity contribution in [1.29, 1.82) is 0 Å². The molecule has 0 radical (unpaired) electrons. The molecule has 0 amide bonds. The number of nitrogens with zero attached hydrogens (tertiary/aromatic N) is 1. The third-order valence-corrected chi connectivity index (χ3v) is 10.3. The average molecular weight is 816 g/mol. The minimum absolute atomic E-state index is 0.0596. The Kier molecular flexibility index (Phi) is 35.0. The van der Waals surface area contributed by atoms with Crippen molar-refractivity contribution in [2.24, 2.45) is 0 Å². The Morgan fingerprint density at radius 3 is 1.75 bits per heavy atom. The zero-order valence-electron chi connectivity index (χ0n) is 36.0. The summed E-state index contributed by atoms with van der Waals surface area (Å²) in [5.74, 6) is -0.964. The summed E-state index contributed by atoms with van der Waals surface area (Å²) in [4.78, 5) is 37.5. The highest BCUT2D eigenvalue weighted by molar-refractivity contribution is 7.45. The number of hydrogen-bond donors (Lipinski definition) is 2. The fourth-order valence-corrected chi connectivity index (χ4v) is 6.43. The highest BCUT2D eigenvalue weighted by Gasteiger charge is 2.22. The number of phosphoric ester groups is 1. The van der Waals surface area contributed by atoms with E-state index < -0.39 is 44.7 Å². The minimum atomic E-state index is -4.66. The van der Waals surface area contributed by atoms with Crippen LogP contribution in [0.5, 0.6) is 0 Å². The molecule has 11 nitrogen and oxygen atoms in total. The normalized spacial score (nSPS) is 15.1. The number of carbonyl (C=O) groups excluding carboxylic acids is 2. The highest BCUT2D eigenvalue weighted by Crippen LogP contribution is 2.38. The number of likely N-dealkylation sites (N-methyl/N-ethyl adjacent to an activating group) is 1. The minimum Gasteiger partial charge on any atom is -0.756 e. The van der Waals surface area contributed by atoms with E-state index in [-0.39, 0.29) is 26.1 Å². The molecule has 0 saturated heterocycles. The van der Waals surface area contributed by atoms with Crippen LogP contribution in [0.2, 0.25) is 0 Å². The van der Waals surface area contributed by atoms with Crippen LogP contribution in [0.4, 0.5) is 0 Å². The summed E-state index contributed by atoms with van der Waals surface area (Å²) in [6.45, 7) is 3.94. The number of phosphoric acid groups is 1. The molecule has 328 valence electrons. The second-order valence-corrected chi connectivity index (χ2v) is 17.4. The molecular formula is C44H82NO10P. The van der Waals surface area contributed by atoms with Gasteiger partial charge in [-0.1, -0.05) is 121 Å². The van der Waals surface area contributed by atoms with E-state index in [1.165, 1.54) is 32.1 Å². The number of allylic oxidation sites excluding steroid dienone is 5. The first-order valence-corrected chi connectivity index (χ1v) is 23.3. The van der Waals surface area contributed by atoms with E-state index in [0.29, 0.717) is 36.7 Å². The number of ether oxygens (including phenoxy) is 2. The van der Waals surface area contributed by atoms with Gasteiger partial charge in [-0.3, -0.25) is 14.2 Å². The number of aliphatic hydroxyl groups is 2. The topological polar surface area (TPSA) is 152 Å². The van der Waals surface area contributed by atoms with Crippen LogP contribution in [0.1, 0.15) is 168 Å². The Bertz CT molecular complexity index is 1090. The van der Waals surface area contributed by atoms with Crippen molar-refractivity contribution in [3.8, 4) is 0 Å². The first-order chi connectivity index (χ1) is 26.8. The Balaban J connectivity index is 4.51. The third-order valence-electron chi connectivity index (χ3n) is 9.33.